The van der Waals surface area contributed by atoms with Crippen LogP contribution in [0.3, 0.4) is 0 Å². The SMILES string of the molecule is c1c[nH]c(CCCNC2CCN(C3CC3)C2)n1. The summed E-state index contributed by atoms with van der Waals surface area (Å²) in [7, 11) is 0. The Kier molecular flexibility index (Phi) is 3.43. The normalized spacial score (nSPS) is 25.5. The number of aromatic nitrogens is 2. The highest BCUT2D eigenvalue weighted by molar-refractivity contribution is 4.92. The van der Waals surface area contributed by atoms with Crippen LogP contribution in [-0.4, -0.2) is 46.6 Å². The molecule has 2 N–H and O–H groups in total. The van der Waals surface area contributed by atoms with Crippen molar-refractivity contribution in [1.82, 2.24) is 20.2 Å². The molecule has 1 atom stereocenters. The molecule has 3 rings (SSSR count). The van der Waals surface area contributed by atoms with E-state index in [4.69, 9.17) is 0 Å². The van der Waals surface area contributed by atoms with E-state index in [9.17, 15) is 0 Å². The number of likely N-dealkylation sites (tertiary alicyclic amines) is 1. The molecule has 1 unspecified atom stereocenters. The van der Waals surface area contributed by atoms with Crippen LogP contribution in [0.5, 0.6) is 0 Å². The van der Waals surface area contributed by atoms with Gasteiger partial charge in [-0.3, -0.25) is 4.90 Å². The predicted octanol–water partition coefficient (Wildman–Crippen LogP) is 1.17. The van der Waals surface area contributed by atoms with Crippen LogP contribution in [0.15, 0.2) is 12.4 Å². The molecule has 94 valence electrons. The van der Waals surface area contributed by atoms with Crippen LogP contribution >= 0.6 is 0 Å². The van der Waals surface area contributed by atoms with Gasteiger partial charge >= 0.3 is 0 Å². The number of nitrogens with one attached hydrogen (secondary N) is 2. The highest BCUT2D eigenvalue weighted by Crippen LogP contribution is 2.29. The van der Waals surface area contributed by atoms with E-state index in [0.717, 1.165) is 30.9 Å². The molecular weight excluding hydrogens is 212 g/mol. The summed E-state index contributed by atoms with van der Waals surface area (Å²) >= 11 is 0. The monoisotopic (exact) mass is 234 g/mol. The number of hydrogen-bond donors (Lipinski definition) is 2. The summed E-state index contributed by atoms with van der Waals surface area (Å²) < 4.78 is 0. The Hall–Kier alpha value is -0.870. The molecule has 17 heavy (non-hydrogen) atoms. The van der Waals surface area contributed by atoms with E-state index in [1.54, 1.807) is 0 Å². The summed E-state index contributed by atoms with van der Waals surface area (Å²) in [4.78, 5) is 10.0. The van der Waals surface area contributed by atoms with Crippen LogP contribution < -0.4 is 5.32 Å². The lowest BCUT2D eigenvalue weighted by atomic mass is 10.2. The minimum atomic E-state index is 0.729. The molecule has 4 nitrogen and oxygen atoms in total. The third-order valence-electron chi connectivity index (χ3n) is 3.86. The van der Waals surface area contributed by atoms with Crippen molar-refractivity contribution < 1.29 is 0 Å². The smallest absolute Gasteiger partial charge is 0.106 e. The Bertz CT molecular complexity index is 331. The molecule has 4 heteroatoms. The van der Waals surface area contributed by atoms with E-state index in [0.29, 0.717) is 0 Å². The minimum absolute atomic E-state index is 0.729. The molecule has 0 aromatic carbocycles. The Balaban J connectivity index is 1.30. The number of hydrogen-bond acceptors (Lipinski definition) is 3. The average Bonchev–Trinajstić information content (AvgIpc) is 2.89. The lowest BCUT2D eigenvalue weighted by Crippen LogP contribution is -2.34. The lowest BCUT2D eigenvalue weighted by molar-refractivity contribution is 0.317. The quantitative estimate of drug-likeness (QED) is 0.726. The molecule has 1 aromatic rings. The van der Waals surface area contributed by atoms with Gasteiger partial charge < -0.3 is 10.3 Å². The molecule has 0 bridgehead atoms. The highest BCUT2D eigenvalue weighted by Gasteiger charge is 2.33. The molecule has 2 fully saturated rings. The van der Waals surface area contributed by atoms with Crippen LogP contribution in [-0.2, 0) is 6.42 Å². The Morgan fingerprint density at radius 2 is 2.35 bits per heavy atom. The molecule has 0 spiro atoms. The van der Waals surface area contributed by atoms with E-state index in [2.05, 4.69) is 20.2 Å². The number of imidazole rings is 1. The molecule has 1 saturated carbocycles. The molecule has 0 radical (unpaired) electrons. The van der Waals surface area contributed by atoms with Gasteiger partial charge in [-0.2, -0.15) is 0 Å². The van der Waals surface area contributed by atoms with Crippen molar-refractivity contribution in [2.45, 2.75) is 44.2 Å². The largest absolute Gasteiger partial charge is 0.349 e. The van der Waals surface area contributed by atoms with Crippen LogP contribution in [0.2, 0.25) is 0 Å². The number of aryl methyl sites for hydroxylation is 1. The minimum Gasteiger partial charge on any atom is -0.349 e. The maximum Gasteiger partial charge on any atom is 0.106 e. The van der Waals surface area contributed by atoms with Gasteiger partial charge in [0.05, 0.1) is 0 Å². The standard InChI is InChI=1S/C13H22N4/c1(2-13-15-7-8-16-13)6-14-11-5-9-17(10-11)12-3-4-12/h7-8,11-12,14H,1-6,9-10H2,(H,15,16). The van der Waals surface area contributed by atoms with Gasteiger partial charge in [-0.25, -0.2) is 4.98 Å². The number of H-pyrrole nitrogens is 1. The molecule has 1 aliphatic heterocycles. The summed E-state index contributed by atoms with van der Waals surface area (Å²) in [6.07, 6.45) is 10.2. The first-order chi connectivity index (χ1) is 8.42. The van der Waals surface area contributed by atoms with Crippen molar-refractivity contribution in [3.63, 3.8) is 0 Å². The third-order valence-corrected chi connectivity index (χ3v) is 3.86. The van der Waals surface area contributed by atoms with E-state index >= 15 is 0 Å². The first kappa shape index (κ1) is 11.2. The van der Waals surface area contributed by atoms with Crippen LogP contribution in [0, 0.1) is 0 Å². The fraction of sp³-hybridized carbons (Fsp3) is 0.769. The lowest BCUT2D eigenvalue weighted by Gasteiger charge is -2.15. The molecule has 2 heterocycles. The third kappa shape index (κ3) is 3.07. The van der Waals surface area contributed by atoms with E-state index in [1.165, 1.54) is 38.8 Å². The van der Waals surface area contributed by atoms with Gasteiger partial charge in [-0.05, 0) is 32.2 Å². The Morgan fingerprint density at radius 1 is 1.41 bits per heavy atom. The fourth-order valence-corrected chi connectivity index (χ4v) is 2.72. The second kappa shape index (κ2) is 5.19. The predicted molar refractivity (Wildman–Crippen MR) is 67.9 cm³/mol. The van der Waals surface area contributed by atoms with Crippen molar-refractivity contribution in [3.8, 4) is 0 Å². The zero-order valence-corrected chi connectivity index (χ0v) is 10.4. The molecule has 2 aliphatic rings. The van der Waals surface area contributed by atoms with Gasteiger partial charge in [0.2, 0.25) is 0 Å². The maximum atomic E-state index is 4.24. The first-order valence-corrected chi connectivity index (χ1v) is 6.87. The van der Waals surface area contributed by atoms with E-state index in [-0.39, 0.29) is 0 Å². The summed E-state index contributed by atoms with van der Waals surface area (Å²) in [5.41, 5.74) is 0. The summed E-state index contributed by atoms with van der Waals surface area (Å²) in [5, 5.41) is 3.67. The van der Waals surface area contributed by atoms with Gasteiger partial charge in [0.15, 0.2) is 0 Å². The van der Waals surface area contributed by atoms with Crippen LogP contribution in [0.1, 0.15) is 31.5 Å². The van der Waals surface area contributed by atoms with Crippen molar-refractivity contribution in [2.75, 3.05) is 19.6 Å². The molecule has 1 aromatic heterocycles. The van der Waals surface area contributed by atoms with Gasteiger partial charge in [-0.15, -0.1) is 0 Å². The van der Waals surface area contributed by atoms with Crippen LogP contribution in [0.4, 0.5) is 0 Å². The zero-order chi connectivity index (χ0) is 11.5. The van der Waals surface area contributed by atoms with Gasteiger partial charge in [-0.1, -0.05) is 0 Å². The number of nitrogens with zero attached hydrogens (tertiary/aromatic N) is 2. The average molecular weight is 234 g/mol. The van der Waals surface area contributed by atoms with E-state index in [1.807, 2.05) is 12.4 Å². The van der Waals surface area contributed by atoms with Crippen LogP contribution in [0.25, 0.3) is 0 Å². The molecule has 1 aliphatic carbocycles. The Labute approximate surface area is 103 Å². The van der Waals surface area contributed by atoms with Gasteiger partial charge in [0.1, 0.15) is 5.82 Å². The zero-order valence-electron chi connectivity index (χ0n) is 10.4. The molecule has 0 amide bonds. The molecular formula is C13H22N4. The summed E-state index contributed by atoms with van der Waals surface area (Å²) in [5.74, 6) is 1.11. The first-order valence-electron chi connectivity index (χ1n) is 6.87. The van der Waals surface area contributed by atoms with Gasteiger partial charge in [0.25, 0.3) is 0 Å². The van der Waals surface area contributed by atoms with E-state index < -0.39 is 0 Å². The maximum absolute atomic E-state index is 4.24. The van der Waals surface area contributed by atoms with Gasteiger partial charge in [0, 0.05) is 44.0 Å². The summed E-state index contributed by atoms with van der Waals surface area (Å²) in [6.45, 7) is 3.69. The highest BCUT2D eigenvalue weighted by atomic mass is 15.2. The second-order valence-corrected chi connectivity index (χ2v) is 5.31. The van der Waals surface area contributed by atoms with Crippen molar-refractivity contribution in [3.05, 3.63) is 18.2 Å². The second-order valence-electron chi connectivity index (χ2n) is 5.31. The fourth-order valence-electron chi connectivity index (χ4n) is 2.72. The summed E-state index contributed by atoms with van der Waals surface area (Å²) in [6, 6.07) is 1.66. The van der Waals surface area contributed by atoms with Crippen molar-refractivity contribution >= 4 is 0 Å². The van der Waals surface area contributed by atoms with Crippen molar-refractivity contribution in [2.24, 2.45) is 0 Å². The molecule has 1 saturated heterocycles. The Morgan fingerprint density at radius 3 is 3.12 bits per heavy atom. The topological polar surface area (TPSA) is 44.0 Å². The van der Waals surface area contributed by atoms with Crippen molar-refractivity contribution in [1.29, 1.82) is 0 Å². The number of rotatable bonds is 6. The number of aromatic amines is 1.